The molecule has 1 aromatic rings. The SMILES string of the molecule is CN(CC(=O)NCCCc1csc(N)n1)[C@H]1CCS(=O)(=O)C1. The molecule has 22 heavy (non-hydrogen) atoms. The lowest BCUT2D eigenvalue weighted by Crippen LogP contribution is -2.41. The van der Waals surface area contributed by atoms with Gasteiger partial charge in [-0.2, -0.15) is 0 Å². The molecule has 1 atom stereocenters. The van der Waals surface area contributed by atoms with E-state index in [1.54, 1.807) is 7.05 Å². The van der Waals surface area contributed by atoms with Crippen molar-refractivity contribution in [3.8, 4) is 0 Å². The monoisotopic (exact) mass is 346 g/mol. The summed E-state index contributed by atoms with van der Waals surface area (Å²) in [6.07, 6.45) is 2.19. The number of thiazole rings is 1. The first-order valence-electron chi connectivity index (χ1n) is 7.23. The molecule has 7 nitrogen and oxygen atoms in total. The summed E-state index contributed by atoms with van der Waals surface area (Å²) >= 11 is 1.41. The van der Waals surface area contributed by atoms with Gasteiger partial charge in [-0.3, -0.25) is 9.69 Å². The molecule has 2 rings (SSSR count). The third kappa shape index (κ3) is 5.22. The van der Waals surface area contributed by atoms with Crippen LogP contribution in [0.2, 0.25) is 0 Å². The van der Waals surface area contributed by atoms with Gasteiger partial charge in [0.15, 0.2) is 15.0 Å². The van der Waals surface area contributed by atoms with Crippen LogP contribution in [0, 0.1) is 0 Å². The summed E-state index contributed by atoms with van der Waals surface area (Å²) in [5, 5.41) is 5.33. The Morgan fingerprint density at radius 1 is 1.59 bits per heavy atom. The average molecular weight is 346 g/mol. The third-order valence-electron chi connectivity index (χ3n) is 3.73. The minimum absolute atomic E-state index is 0.0475. The third-order valence-corrected chi connectivity index (χ3v) is 6.20. The predicted molar refractivity (Wildman–Crippen MR) is 87.5 cm³/mol. The number of nitrogens with two attached hydrogens (primary N) is 1. The van der Waals surface area contributed by atoms with Crippen LogP contribution >= 0.6 is 11.3 Å². The van der Waals surface area contributed by atoms with E-state index in [-0.39, 0.29) is 30.0 Å². The molecular weight excluding hydrogens is 324 g/mol. The molecule has 0 bridgehead atoms. The maximum Gasteiger partial charge on any atom is 0.234 e. The Morgan fingerprint density at radius 2 is 2.36 bits per heavy atom. The summed E-state index contributed by atoms with van der Waals surface area (Å²) in [5.74, 6) is 0.298. The molecule has 1 saturated heterocycles. The Hall–Kier alpha value is -1.19. The normalized spacial score (nSPS) is 20.4. The van der Waals surface area contributed by atoms with Crippen molar-refractivity contribution in [2.45, 2.75) is 25.3 Å². The average Bonchev–Trinajstić information content (AvgIpc) is 3.00. The van der Waals surface area contributed by atoms with Gasteiger partial charge in [0.25, 0.3) is 0 Å². The number of amides is 1. The standard InChI is InChI=1S/C13H22N4O3S2/c1-17(11-4-6-22(19,20)9-11)7-12(18)15-5-2-3-10-8-21-13(14)16-10/h8,11H,2-7,9H2,1H3,(H2,14,16)(H,15,18)/t11-/m0/s1. The summed E-state index contributed by atoms with van der Waals surface area (Å²) in [6, 6.07) is -0.0475. The maximum absolute atomic E-state index is 11.9. The molecule has 0 spiro atoms. The molecule has 2 heterocycles. The smallest absolute Gasteiger partial charge is 0.234 e. The number of nitrogen functional groups attached to an aromatic ring is 1. The molecule has 3 N–H and O–H groups in total. The number of likely N-dealkylation sites (N-methyl/N-ethyl adjacent to an activating group) is 1. The van der Waals surface area contributed by atoms with Crippen molar-refractivity contribution >= 4 is 32.2 Å². The number of aryl methyl sites for hydroxylation is 1. The first kappa shape index (κ1) is 17.2. The molecular formula is C13H22N4O3S2. The van der Waals surface area contributed by atoms with Gasteiger partial charge in [-0.25, -0.2) is 13.4 Å². The van der Waals surface area contributed by atoms with Crippen LogP contribution in [0.25, 0.3) is 0 Å². The molecule has 0 aromatic carbocycles. The molecule has 1 fully saturated rings. The van der Waals surface area contributed by atoms with E-state index in [9.17, 15) is 13.2 Å². The Kier molecular flexibility index (Phi) is 5.76. The van der Waals surface area contributed by atoms with Gasteiger partial charge in [0, 0.05) is 18.0 Å². The van der Waals surface area contributed by atoms with Gasteiger partial charge in [-0.05, 0) is 26.3 Å². The van der Waals surface area contributed by atoms with Crippen LogP contribution in [0.15, 0.2) is 5.38 Å². The number of anilines is 1. The van der Waals surface area contributed by atoms with E-state index >= 15 is 0 Å². The second-order valence-corrected chi connectivity index (χ2v) is 8.72. The number of hydrogen-bond donors (Lipinski definition) is 2. The van der Waals surface area contributed by atoms with Crippen molar-refractivity contribution in [3.63, 3.8) is 0 Å². The fraction of sp³-hybridized carbons (Fsp3) is 0.692. The predicted octanol–water partition coefficient (Wildman–Crippen LogP) is -0.107. The lowest BCUT2D eigenvalue weighted by molar-refractivity contribution is -0.122. The largest absolute Gasteiger partial charge is 0.375 e. The number of carbonyl (C=O) groups excluding carboxylic acids is 1. The first-order chi connectivity index (χ1) is 10.4. The van der Waals surface area contributed by atoms with Crippen LogP contribution < -0.4 is 11.1 Å². The highest BCUT2D eigenvalue weighted by Crippen LogP contribution is 2.16. The van der Waals surface area contributed by atoms with E-state index in [1.165, 1.54) is 11.3 Å². The van der Waals surface area contributed by atoms with E-state index in [2.05, 4.69) is 10.3 Å². The van der Waals surface area contributed by atoms with E-state index in [0.29, 0.717) is 18.1 Å². The van der Waals surface area contributed by atoms with Gasteiger partial charge in [-0.1, -0.05) is 0 Å². The summed E-state index contributed by atoms with van der Waals surface area (Å²) < 4.78 is 22.9. The molecule has 1 aliphatic heterocycles. The van der Waals surface area contributed by atoms with Crippen molar-refractivity contribution < 1.29 is 13.2 Å². The van der Waals surface area contributed by atoms with Crippen LogP contribution in [0.5, 0.6) is 0 Å². The molecule has 1 amide bonds. The van der Waals surface area contributed by atoms with E-state index < -0.39 is 9.84 Å². The van der Waals surface area contributed by atoms with Gasteiger partial charge in [0.05, 0.1) is 23.7 Å². The van der Waals surface area contributed by atoms with E-state index in [0.717, 1.165) is 18.5 Å². The quantitative estimate of drug-likeness (QED) is 0.668. The maximum atomic E-state index is 11.9. The number of nitrogens with zero attached hydrogens (tertiary/aromatic N) is 2. The van der Waals surface area contributed by atoms with Crippen molar-refractivity contribution in [2.24, 2.45) is 0 Å². The molecule has 124 valence electrons. The topological polar surface area (TPSA) is 105 Å². The van der Waals surface area contributed by atoms with Crippen LogP contribution in [-0.2, 0) is 21.1 Å². The number of aromatic nitrogens is 1. The first-order valence-corrected chi connectivity index (χ1v) is 9.93. The fourth-order valence-electron chi connectivity index (χ4n) is 2.47. The number of sulfone groups is 1. The highest BCUT2D eigenvalue weighted by Gasteiger charge is 2.31. The summed E-state index contributed by atoms with van der Waals surface area (Å²) in [6.45, 7) is 0.802. The zero-order valence-corrected chi connectivity index (χ0v) is 14.3. The minimum atomic E-state index is -2.92. The Labute approximate surface area is 134 Å². The number of hydrogen-bond acceptors (Lipinski definition) is 7. The summed E-state index contributed by atoms with van der Waals surface area (Å²) in [5.41, 5.74) is 6.50. The Morgan fingerprint density at radius 3 is 2.95 bits per heavy atom. The number of carbonyl (C=O) groups is 1. The molecule has 0 unspecified atom stereocenters. The second kappa shape index (κ2) is 7.38. The Bertz CT molecular complexity index is 615. The zero-order valence-electron chi connectivity index (χ0n) is 12.6. The number of nitrogens with one attached hydrogen (secondary N) is 1. The molecule has 0 radical (unpaired) electrons. The van der Waals surface area contributed by atoms with Crippen LogP contribution in [0.1, 0.15) is 18.5 Å². The van der Waals surface area contributed by atoms with Crippen molar-refractivity contribution in [3.05, 3.63) is 11.1 Å². The molecule has 9 heteroatoms. The lowest BCUT2D eigenvalue weighted by atomic mass is 10.2. The minimum Gasteiger partial charge on any atom is -0.375 e. The molecule has 0 aliphatic carbocycles. The summed E-state index contributed by atoms with van der Waals surface area (Å²) in [4.78, 5) is 17.8. The van der Waals surface area contributed by atoms with E-state index in [4.69, 9.17) is 5.73 Å². The van der Waals surface area contributed by atoms with Gasteiger partial charge in [0.1, 0.15) is 0 Å². The van der Waals surface area contributed by atoms with Gasteiger partial charge >= 0.3 is 0 Å². The van der Waals surface area contributed by atoms with Crippen molar-refractivity contribution in [2.75, 3.05) is 37.4 Å². The van der Waals surface area contributed by atoms with Crippen LogP contribution in [-0.4, -0.2) is 61.9 Å². The summed E-state index contributed by atoms with van der Waals surface area (Å²) in [7, 11) is -1.12. The lowest BCUT2D eigenvalue weighted by Gasteiger charge is -2.22. The fourth-order valence-corrected chi connectivity index (χ4v) is 4.87. The molecule has 1 aliphatic rings. The Balaban J connectivity index is 1.63. The van der Waals surface area contributed by atoms with E-state index in [1.807, 2.05) is 10.3 Å². The second-order valence-electron chi connectivity index (χ2n) is 5.60. The van der Waals surface area contributed by atoms with Crippen molar-refractivity contribution in [1.82, 2.24) is 15.2 Å². The van der Waals surface area contributed by atoms with Crippen molar-refractivity contribution in [1.29, 1.82) is 0 Å². The molecule has 0 saturated carbocycles. The highest BCUT2D eigenvalue weighted by molar-refractivity contribution is 7.91. The van der Waals surface area contributed by atoms with Gasteiger partial charge < -0.3 is 11.1 Å². The molecule has 1 aromatic heterocycles. The van der Waals surface area contributed by atoms with Gasteiger partial charge in [-0.15, -0.1) is 11.3 Å². The zero-order chi connectivity index (χ0) is 16.2. The highest BCUT2D eigenvalue weighted by atomic mass is 32.2. The number of rotatable bonds is 7. The van der Waals surface area contributed by atoms with Crippen LogP contribution in [0.3, 0.4) is 0 Å². The van der Waals surface area contributed by atoms with Gasteiger partial charge in [0.2, 0.25) is 5.91 Å². The van der Waals surface area contributed by atoms with Crippen LogP contribution in [0.4, 0.5) is 5.13 Å².